The number of carbonyl (C=O) groups is 1. The fraction of sp³-hybridized carbons (Fsp3) is 0. The van der Waals surface area contributed by atoms with Crippen LogP contribution < -0.4 is 0 Å². The van der Waals surface area contributed by atoms with Crippen molar-refractivity contribution in [2.24, 2.45) is 0 Å². The number of carboxylic acid groups (broad SMARTS) is 1. The van der Waals surface area contributed by atoms with Crippen molar-refractivity contribution < 1.29 is 9.90 Å². The zero-order valence-electron chi connectivity index (χ0n) is 8.44. The highest BCUT2D eigenvalue weighted by Gasteiger charge is 2.11. The minimum absolute atomic E-state index is 0.197. The summed E-state index contributed by atoms with van der Waals surface area (Å²) in [6.07, 6.45) is 3.18. The number of hydrogen-bond acceptors (Lipinski definition) is 5. The third-order valence-electron chi connectivity index (χ3n) is 2.30. The van der Waals surface area contributed by atoms with Crippen LogP contribution in [-0.2, 0) is 0 Å². The van der Waals surface area contributed by atoms with Gasteiger partial charge in [0.2, 0.25) is 0 Å². The predicted octanol–water partition coefficient (Wildman–Crippen LogP) is 1.55. The zero-order valence-corrected chi connectivity index (χ0v) is 9.26. The van der Waals surface area contributed by atoms with Gasteiger partial charge < -0.3 is 5.11 Å². The van der Waals surface area contributed by atoms with E-state index in [4.69, 9.17) is 5.11 Å². The topological polar surface area (TPSA) is 80.4 Å². The summed E-state index contributed by atoms with van der Waals surface area (Å²) in [6.45, 7) is 0. The van der Waals surface area contributed by atoms with E-state index in [0.717, 1.165) is 4.88 Å². The summed E-state index contributed by atoms with van der Waals surface area (Å²) >= 11 is 1.43. The molecule has 0 atom stereocenters. The van der Waals surface area contributed by atoms with Crippen molar-refractivity contribution in [1.82, 2.24) is 19.6 Å². The molecule has 0 amide bonds. The maximum atomic E-state index is 10.9. The normalized spacial score (nSPS) is 10.8. The minimum Gasteiger partial charge on any atom is -0.478 e. The van der Waals surface area contributed by atoms with Crippen LogP contribution in [0.1, 0.15) is 10.4 Å². The lowest BCUT2D eigenvalue weighted by Gasteiger charge is -1.98. The van der Waals surface area contributed by atoms with Crippen LogP contribution in [0.3, 0.4) is 0 Å². The van der Waals surface area contributed by atoms with Crippen LogP contribution >= 0.6 is 11.3 Å². The molecule has 6 nitrogen and oxygen atoms in total. The van der Waals surface area contributed by atoms with E-state index >= 15 is 0 Å². The van der Waals surface area contributed by atoms with Crippen LogP contribution in [-0.4, -0.2) is 30.7 Å². The molecule has 3 aromatic rings. The first-order valence-corrected chi connectivity index (χ1v) is 5.60. The molecule has 0 spiro atoms. The molecule has 0 saturated carbocycles. The van der Waals surface area contributed by atoms with Gasteiger partial charge in [-0.1, -0.05) is 0 Å². The SMILES string of the molecule is O=C(O)c1ccc2nnc(-c3cncs3)n2c1. The van der Waals surface area contributed by atoms with Crippen LogP contribution in [0.5, 0.6) is 0 Å². The smallest absolute Gasteiger partial charge is 0.337 e. The Morgan fingerprint density at radius 3 is 2.94 bits per heavy atom. The number of aromatic carboxylic acids is 1. The van der Waals surface area contributed by atoms with Gasteiger partial charge in [-0.3, -0.25) is 9.38 Å². The fourth-order valence-corrected chi connectivity index (χ4v) is 2.11. The van der Waals surface area contributed by atoms with Crippen LogP contribution in [0.4, 0.5) is 0 Å². The lowest BCUT2D eigenvalue weighted by molar-refractivity contribution is 0.0696. The van der Waals surface area contributed by atoms with Crippen molar-refractivity contribution in [2.45, 2.75) is 0 Å². The summed E-state index contributed by atoms with van der Waals surface area (Å²) in [4.78, 5) is 15.7. The average molecular weight is 246 g/mol. The van der Waals surface area contributed by atoms with Crippen molar-refractivity contribution in [3.05, 3.63) is 35.6 Å². The van der Waals surface area contributed by atoms with E-state index in [1.165, 1.54) is 23.6 Å². The molecule has 0 aliphatic heterocycles. The second kappa shape index (κ2) is 3.63. The number of hydrogen-bond donors (Lipinski definition) is 1. The van der Waals surface area contributed by atoms with Crippen LogP contribution in [0.25, 0.3) is 16.3 Å². The zero-order chi connectivity index (χ0) is 11.8. The lowest BCUT2D eigenvalue weighted by Crippen LogP contribution is -1.99. The van der Waals surface area contributed by atoms with E-state index in [0.29, 0.717) is 11.5 Å². The minimum atomic E-state index is -0.976. The molecule has 0 radical (unpaired) electrons. The first-order chi connectivity index (χ1) is 8.25. The standard InChI is InChI=1S/C10H6N4O2S/c15-10(16)6-1-2-8-12-13-9(14(8)4-6)7-3-11-5-17-7/h1-5H,(H,15,16). The Bertz CT molecular complexity index is 689. The molecule has 0 saturated heterocycles. The van der Waals surface area contributed by atoms with Gasteiger partial charge in [0.1, 0.15) is 0 Å². The summed E-state index contributed by atoms with van der Waals surface area (Å²) < 4.78 is 1.65. The molecular weight excluding hydrogens is 240 g/mol. The third-order valence-corrected chi connectivity index (χ3v) is 3.07. The Morgan fingerprint density at radius 1 is 1.35 bits per heavy atom. The molecule has 0 aromatic carbocycles. The molecule has 7 heteroatoms. The fourth-order valence-electron chi connectivity index (χ4n) is 1.51. The molecule has 3 rings (SSSR count). The summed E-state index contributed by atoms with van der Waals surface area (Å²) in [5.74, 6) is -0.374. The van der Waals surface area contributed by atoms with Crippen molar-refractivity contribution in [1.29, 1.82) is 0 Å². The van der Waals surface area contributed by atoms with Gasteiger partial charge in [-0.15, -0.1) is 21.5 Å². The largest absolute Gasteiger partial charge is 0.478 e. The van der Waals surface area contributed by atoms with E-state index in [2.05, 4.69) is 15.2 Å². The van der Waals surface area contributed by atoms with Crippen molar-refractivity contribution in [3.63, 3.8) is 0 Å². The van der Waals surface area contributed by atoms with Crippen molar-refractivity contribution >= 4 is 23.0 Å². The van der Waals surface area contributed by atoms with Gasteiger partial charge in [-0.05, 0) is 12.1 Å². The molecule has 0 unspecified atom stereocenters. The summed E-state index contributed by atoms with van der Waals surface area (Å²) in [7, 11) is 0. The lowest BCUT2D eigenvalue weighted by atomic mass is 10.3. The van der Waals surface area contributed by atoms with E-state index in [9.17, 15) is 4.79 Å². The summed E-state index contributed by atoms with van der Waals surface area (Å²) in [5, 5.41) is 16.9. The number of aromatic nitrogens is 4. The quantitative estimate of drug-likeness (QED) is 0.742. The van der Waals surface area contributed by atoms with Gasteiger partial charge >= 0.3 is 5.97 Å². The maximum absolute atomic E-state index is 10.9. The van der Waals surface area contributed by atoms with E-state index in [1.54, 1.807) is 22.2 Å². The molecule has 0 bridgehead atoms. The Kier molecular flexibility index (Phi) is 2.12. The highest BCUT2D eigenvalue weighted by molar-refractivity contribution is 7.13. The first-order valence-electron chi connectivity index (χ1n) is 4.72. The molecule has 0 fully saturated rings. The van der Waals surface area contributed by atoms with Gasteiger partial charge in [0, 0.05) is 12.4 Å². The Balaban J connectivity index is 2.26. The number of rotatable bonds is 2. The highest BCUT2D eigenvalue weighted by Crippen LogP contribution is 2.22. The third kappa shape index (κ3) is 1.56. The van der Waals surface area contributed by atoms with Gasteiger partial charge in [0.15, 0.2) is 11.5 Å². The number of carboxylic acids is 1. The number of thiazole rings is 1. The second-order valence-corrected chi connectivity index (χ2v) is 4.23. The monoisotopic (exact) mass is 246 g/mol. The highest BCUT2D eigenvalue weighted by atomic mass is 32.1. The Hall–Kier alpha value is -2.28. The summed E-state index contributed by atoms with van der Waals surface area (Å²) in [6, 6.07) is 3.13. The molecule has 0 aliphatic carbocycles. The van der Waals surface area contributed by atoms with E-state index in [-0.39, 0.29) is 5.56 Å². The number of fused-ring (bicyclic) bond motifs is 1. The molecule has 0 aliphatic rings. The van der Waals surface area contributed by atoms with E-state index < -0.39 is 5.97 Å². The van der Waals surface area contributed by atoms with E-state index in [1.807, 2.05) is 0 Å². The molecule has 1 N–H and O–H groups in total. The average Bonchev–Trinajstić information content (AvgIpc) is 2.96. The number of pyridine rings is 1. The summed E-state index contributed by atoms with van der Waals surface area (Å²) in [5.41, 5.74) is 2.50. The molecule has 3 heterocycles. The van der Waals surface area contributed by atoms with Crippen molar-refractivity contribution in [2.75, 3.05) is 0 Å². The van der Waals surface area contributed by atoms with Crippen LogP contribution in [0.15, 0.2) is 30.0 Å². The molecule has 84 valence electrons. The number of nitrogens with zero attached hydrogens (tertiary/aromatic N) is 4. The molecular formula is C10H6N4O2S. The van der Waals surface area contributed by atoms with Gasteiger partial charge in [-0.25, -0.2) is 4.79 Å². The molecule has 3 aromatic heterocycles. The van der Waals surface area contributed by atoms with Crippen LogP contribution in [0.2, 0.25) is 0 Å². The predicted molar refractivity (Wildman–Crippen MR) is 61.1 cm³/mol. The first kappa shape index (κ1) is 9.91. The van der Waals surface area contributed by atoms with Crippen molar-refractivity contribution in [3.8, 4) is 10.7 Å². The van der Waals surface area contributed by atoms with Crippen LogP contribution in [0, 0.1) is 0 Å². The maximum Gasteiger partial charge on any atom is 0.337 e. The molecule has 17 heavy (non-hydrogen) atoms. The van der Waals surface area contributed by atoms with Gasteiger partial charge in [-0.2, -0.15) is 0 Å². The van der Waals surface area contributed by atoms with Gasteiger partial charge in [0.05, 0.1) is 16.0 Å². The van der Waals surface area contributed by atoms with Gasteiger partial charge in [0.25, 0.3) is 0 Å². The Morgan fingerprint density at radius 2 is 2.24 bits per heavy atom. The Labute approximate surface area is 99.2 Å². The second-order valence-electron chi connectivity index (χ2n) is 3.34.